The van der Waals surface area contributed by atoms with Crippen LogP contribution in [0.4, 0.5) is 13.2 Å². The maximum atomic E-state index is 12.9. The summed E-state index contributed by atoms with van der Waals surface area (Å²) in [6.07, 6.45) is 4.05. The third-order valence-corrected chi connectivity index (χ3v) is 11.9. The highest BCUT2D eigenvalue weighted by molar-refractivity contribution is 5.79. The third kappa shape index (κ3) is 11.6. The van der Waals surface area contributed by atoms with E-state index in [4.69, 9.17) is 24.5 Å². The second kappa shape index (κ2) is 22.5. The van der Waals surface area contributed by atoms with Crippen molar-refractivity contribution in [2.24, 2.45) is 5.16 Å². The lowest BCUT2D eigenvalue weighted by Crippen LogP contribution is -1.98. The third-order valence-electron chi connectivity index (χ3n) is 11.9. The molecular weight excluding hydrogens is 840 g/mol. The highest BCUT2D eigenvalue weighted by atomic mass is 19.1. The SMILES string of the molecule is CCc1ccc(C)c(CC)c1.O/N=C\c1ccc2c(c1)COC2c1ccc(F)cc1.O=Cc1ccc2c(c1)COC2c1ccc(F)cc1.OCc1ccc2c(c1)COC2c1ccc(F)cc1. The molecule has 0 bridgehead atoms. The molecule has 7 nitrogen and oxygen atoms in total. The van der Waals surface area contributed by atoms with Gasteiger partial charge in [0.1, 0.15) is 42.0 Å². The molecular formula is C56H52F3NO6. The summed E-state index contributed by atoms with van der Waals surface area (Å²) in [5.41, 5.74) is 15.9. The summed E-state index contributed by atoms with van der Waals surface area (Å²) in [6.45, 7) is 8.15. The molecule has 0 radical (unpaired) electrons. The molecule has 3 atom stereocenters. The van der Waals surface area contributed by atoms with Gasteiger partial charge in [0.2, 0.25) is 0 Å². The number of rotatable bonds is 8. The van der Waals surface area contributed by atoms with Crippen LogP contribution in [0, 0.1) is 24.4 Å². The van der Waals surface area contributed by atoms with Crippen molar-refractivity contribution in [2.45, 2.75) is 78.4 Å². The van der Waals surface area contributed by atoms with Crippen LogP contribution in [-0.2, 0) is 53.5 Å². The molecule has 10 rings (SSSR count). The number of carbonyl (C=O) groups excluding carboxylic acids is 1. The Labute approximate surface area is 383 Å². The fraction of sp³-hybridized carbons (Fsp3) is 0.214. The van der Waals surface area contributed by atoms with Gasteiger partial charge in [-0.3, -0.25) is 4.79 Å². The minimum Gasteiger partial charge on any atom is -0.411 e. The van der Waals surface area contributed by atoms with Crippen LogP contribution in [0.1, 0.15) is 120 Å². The van der Waals surface area contributed by atoms with Crippen molar-refractivity contribution in [3.8, 4) is 0 Å². The number of halogens is 3. The van der Waals surface area contributed by atoms with Crippen LogP contribution >= 0.6 is 0 Å². The Bertz CT molecular complexity index is 2760. The molecule has 3 aliphatic rings. The van der Waals surface area contributed by atoms with E-state index < -0.39 is 0 Å². The van der Waals surface area contributed by atoms with E-state index in [1.807, 2.05) is 48.5 Å². The first-order valence-corrected chi connectivity index (χ1v) is 21.9. The zero-order chi connectivity index (χ0) is 46.6. The quantitative estimate of drug-likeness (QED) is 0.0683. The van der Waals surface area contributed by atoms with Crippen molar-refractivity contribution in [1.82, 2.24) is 0 Å². The van der Waals surface area contributed by atoms with Gasteiger partial charge in [-0.2, -0.15) is 0 Å². The number of aldehydes is 1. The summed E-state index contributed by atoms with van der Waals surface area (Å²) in [5.74, 6) is -0.752. The summed E-state index contributed by atoms with van der Waals surface area (Å²) in [7, 11) is 0. The van der Waals surface area contributed by atoms with E-state index in [-0.39, 0.29) is 42.4 Å². The number of fused-ring (bicyclic) bond motifs is 3. The molecule has 0 aliphatic carbocycles. The Hall–Kier alpha value is -6.69. The zero-order valence-electron chi connectivity index (χ0n) is 37.1. The van der Waals surface area contributed by atoms with E-state index in [1.165, 1.54) is 59.3 Å². The van der Waals surface area contributed by atoms with Gasteiger partial charge >= 0.3 is 0 Å². The lowest BCUT2D eigenvalue weighted by Gasteiger charge is -2.11. The fourth-order valence-corrected chi connectivity index (χ4v) is 8.23. The normalized spacial score (nSPS) is 16.4. The van der Waals surface area contributed by atoms with Gasteiger partial charge < -0.3 is 24.5 Å². The number of benzene rings is 7. The Morgan fingerprint density at radius 2 is 0.970 bits per heavy atom. The second-order valence-corrected chi connectivity index (χ2v) is 16.2. The van der Waals surface area contributed by atoms with Crippen LogP contribution in [0.3, 0.4) is 0 Å². The van der Waals surface area contributed by atoms with Gasteiger partial charge in [-0.15, -0.1) is 0 Å². The molecule has 3 heterocycles. The van der Waals surface area contributed by atoms with E-state index in [1.54, 1.807) is 42.5 Å². The lowest BCUT2D eigenvalue weighted by atomic mass is 9.98. The average molecular weight is 892 g/mol. The maximum Gasteiger partial charge on any atom is 0.150 e. The first-order chi connectivity index (χ1) is 32.1. The first kappa shape index (κ1) is 47.3. The topological polar surface area (TPSA) is 97.6 Å². The highest BCUT2D eigenvalue weighted by Gasteiger charge is 2.27. The number of hydrogen-bond acceptors (Lipinski definition) is 7. The molecule has 0 saturated heterocycles. The number of aliphatic hydroxyl groups excluding tert-OH is 1. The Balaban J connectivity index is 0.000000133. The van der Waals surface area contributed by atoms with Gasteiger partial charge in [0.25, 0.3) is 0 Å². The molecule has 3 unspecified atom stereocenters. The molecule has 66 heavy (non-hydrogen) atoms. The van der Waals surface area contributed by atoms with Crippen LogP contribution in [0.15, 0.2) is 151 Å². The van der Waals surface area contributed by atoms with Crippen molar-refractivity contribution < 1.29 is 42.5 Å². The summed E-state index contributed by atoms with van der Waals surface area (Å²) >= 11 is 0. The molecule has 10 heteroatoms. The van der Waals surface area contributed by atoms with Gasteiger partial charge in [-0.25, -0.2) is 13.2 Å². The van der Waals surface area contributed by atoms with Crippen LogP contribution in [-0.4, -0.2) is 22.8 Å². The van der Waals surface area contributed by atoms with Crippen LogP contribution in [0.5, 0.6) is 0 Å². The number of oxime groups is 1. The smallest absolute Gasteiger partial charge is 0.150 e. The molecule has 0 fully saturated rings. The lowest BCUT2D eigenvalue weighted by molar-refractivity contribution is 0.0938. The molecule has 2 N–H and O–H groups in total. The Morgan fingerprint density at radius 3 is 1.39 bits per heavy atom. The van der Waals surface area contributed by atoms with Gasteiger partial charge in [0.15, 0.2) is 0 Å². The number of nitrogens with zero attached hydrogens (tertiary/aromatic N) is 1. The first-order valence-electron chi connectivity index (χ1n) is 21.9. The van der Waals surface area contributed by atoms with Crippen LogP contribution in [0.25, 0.3) is 0 Å². The van der Waals surface area contributed by atoms with Gasteiger partial charge in [-0.05, 0) is 146 Å². The minimum absolute atomic E-state index is 0.0362. The van der Waals surface area contributed by atoms with Crippen molar-refractivity contribution in [1.29, 1.82) is 0 Å². The number of aryl methyl sites for hydroxylation is 3. The maximum absolute atomic E-state index is 12.9. The second-order valence-electron chi connectivity index (χ2n) is 16.2. The molecule has 0 spiro atoms. The molecule has 7 aromatic carbocycles. The van der Waals surface area contributed by atoms with Crippen LogP contribution in [0.2, 0.25) is 0 Å². The Kier molecular flexibility index (Phi) is 16.1. The predicted octanol–water partition coefficient (Wildman–Crippen LogP) is 12.6. The minimum atomic E-state index is -0.256. The summed E-state index contributed by atoms with van der Waals surface area (Å²) in [6, 6.07) is 42.9. The predicted molar refractivity (Wildman–Crippen MR) is 249 cm³/mol. The molecule has 0 amide bonds. The van der Waals surface area contributed by atoms with Gasteiger partial charge in [-0.1, -0.05) is 116 Å². The monoisotopic (exact) mass is 891 g/mol. The van der Waals surface area contributed by atoms with Gasteiger partial charge in [0.05, 0.1) is 32.6 Å². The standard InChI is InChI=1S/C15H12FNO2.C15H13FO2.C15H11FO2.C11H16/c16-13-4-2-11(3-5-13)15-14-6-1-10(8-17-18)7-12(14)9-19-15;2*16-13-4-2-11(3-5-13)15-14-6-1-10(8-17)7-12(14)9-18-15;1-4-10-7-6-9(3)11(5-2)8-10/h1-8,15,18H,9H2;1-7,15,17H,8-9H2;1-8,15H,9H2;6-8H,4-5H2,1-3H3/b17-8-;;;. The molecule has 3 aliphatic heterocycles. The average Bonchev–Trinajstić information content (AvgIpc) is 4.10. The number of ether oxygens (including phenoxy) is 3. The summed E-state index contributed by atoms with van der Waals surface area (Å²) in [4.78, 5) is 10.7. The molecule has 7 aromatic rings. The largest absolute Gasteiger partial charge is 0.411 e. The van der Waals surface area contributed by atoms with Crippen molar-refractivity contribution in [2.75, 3.05) is 0 Å². The summed E-state index contributed by atoms with van der Waals surface area (Å²) < 4.78 is 55.9. The molecule has 0 saturated carbocycles. The zero-order valence-corrected chi connectivity index (χ0v) is 37.1. The van der Waals surface area contributed by atoms with Crippen molar-refractivity contribution in [3.63, 3.8) is 0 Å². The van der Waals surface area contributed by atoms with Crippen LogP contribution < -0.4 is 0 Å². The number of hydrogen-bond donors (Lipinski definition) is 2. The number of carbonyl (C=O) groups is 1. The number of aliphatic hydroxyl groups is 1. The molecule has 0 aromatic heterocycles. The van der Waals surface area contributed by atoms with Gasteiger partial charge in [0, 0.05) is 5.56 Å². The van der Waals surface area contributed by atoms with E-state index in [0.717, 1.165) is 80.3 Å². The van der Waals surface area contributed by atoms with E-state index in [9.17, 15) is 18.0 Å². The molecule has 338 valence electrons. The van der Waals surface area contributed by atoms with Crippen molar-refractivity contribution in [3.05, 3.63) is 246 Å². The van der Waals surface area contributed by atoms with Crippen molar-refractivity contribution >= 4 is 12.5 Å². The highest BCUT2D eigenvalue weighted by Crippen LogP contribution is 2.38. The fourth-order valence-electron chi connectivity index (χ4n) is 8.23. The summed E-state index contributed by atoms with van der Waals surface area (Å²) in [5, 5.41) is 20.6. The Morgan fingerprint density at radius 1 is 0.545 bits per heavy atom. The van der Waals surface area contributed by atoms with E-state index in [2.05, 4.69) is 44.1 Å². The van der Waals surface area contributed by atoms with E-state index >= 15 is 0 Å². The van der Waals surface area contributed by atoms with E-state index in [0.29, 0.717) is 25.4 Å².